The fourth-order valence-electron chi connectivity index (χ4n) is 1.74. The first kappa shape index (κ1) is 18.0. The molecule has 0 fully saturated rings. The molecule has 0 spiro atoms. The van der Waals surface area contributed by atoms with E-state index in [2.05, 4.69) is 0 Å². The fraction of sp³-hybridized carbons (Fsp3) is 0.444. The molecule has 0 heterocycles. The fourth-order valence-corrected chi connectivity index (χ4v) is 1.74. The van der Waals surface area contributed by atoms with E-state index in [1.807, 2.05) is 32.0 Å². The lowest BCUT2D eigenvalue weighted by atomic mass is 10.1. The molecule has 0 atom stereocenters. The van der Waals surface area contributed by atoms with Crippen molar-refractivity contribution in [3.05, 3.63) is 42.0 Å². The van der Waals surface area contributed by atoms with Gasteiger partial charge in [-0.25, -0.2) is 9.59 Å². The third kappa shape index (κ3) is 6.57. The number of esters is 2. The number of hydrogen-bond donors (Lipinski definition) is 0. The van der Waals surface area contributed by atoms with Gasteiger partial charge in [0, 0.05) is 6.08 Å². The Kier molecular flexibility index (Phi) is 8.65. The van der Waals surface area contributed by atoms with E-state index in [1.165, 1.54) is 6.08 Å². The Hall–Kier alpha value is -2.10. The second kappa shape index (κ2) is 10.6. The van der Waals surface area contributed by atoms with Gasteiger partial charge >= 0.3 is 11.9 Å². The monoisotopic (exact) mass is 304 g/mol. The Morgan fingerprint density at radius 2 is 1.55 bits per heavy atom. The third-order valence-corrected chi connectivity index (χ3v) is 3.04. The second-order valence-corrected chi connectivity index (χ2v) is 4.93. The highest BCUT2D eigenvalue weighted by Gasteiger charge is 2.15. The van der Waals surface area contributed by atoms with E-state index in [0.29, 0.717) is 18.8 Å². The maximum absolute atomic E-state index is 12.2. The number of unbranched alkanes of at least 4 members (excludes halogenated alkanes) is 2. The predicted octanol–water partition coefficient (Wildman–Crippen LogP) is 3.76. The normalized spacial score (nSPS) is 11.1. The summed E-state index contributed by atoms with van der Waals surface area (Å²) in [4.78, 5) is 24.0. The van der Waals surface area contributed by atoms with Gasteiger partial charge in [0.2, 0.25) is 0 Å². The average Bonchev–Trinajstić information content (AvgIpc) is 2.54. The van der Waals surface area contributed by atoms with E-state index >= 15 is 0 Å². The minimum Gasteiger partial charge on any atom is -0.463 e. The average molecular weight is 304 g/mol. The van der Waals surface area contributed by atoms with Crippen molar-refractivity contribution in [2.45, 2.75) is 39.5 Å². The van der Waals surface area contributed by atoms with Crippen molar-refractivity contribution in [3.63, 3.8) is 0 Å². The minimum atomic E-state index is -0.514. The van der Waals surface area contributed by atoms with Crippen LogP contribution in [-0.2, 0) is 19.1 Å². The van der Waals surface area contributed by atoms with E-state index in [-0.39, 0.29) is 5.57 Å². The van der Waals surface area contributed by atoms with Crippen LogP contribution in [0.5, 0.6) is 0 Å². The molecule has 0 saturated heterocycles. The molecule has 0 N–H and O–H groups in total. The highest BCUT2D eigenvalue weighted by Crippen LogP contribution is 2.16. The van der Waals surface area contributed by atoms with Gasteiger partial charge in [0.05, 0.1) is 18.8 Å². The third-order valence-electron chi connectivity index (χ3n) is 3.04. The van der Waals surface area contributed by atoms with Gasteiger partial charge in [-0.1, -0.05) is 57.0 Å². The smallest absolute Gasteiger partial charge is 0.339 e. The molecule has 22 heavy (non-hydrogen) atoms. The van der Waals surface area contributed by atoms with Crippen molar-refractivity contribution < 1.29 is 19.1 Å². The highest BCUT2D eigenvalue weighted by atomic mass is 16.5. The minimum absolute atomic E-state index is 0.234. The lowest BCUT2D eigenvalue weighted by Crippen LogP contribution is -2.11. The molecule has 0 unspecified atom stereocenters. The van der Waals surface area contributed by atoms with Gasteiger partial charge in [-0.15, -0.1) is 0 Å². The van der Waals surface area contributed by atoms with Crippen LogP contribution < -0.4 is 0 Å². The molecule has 0 saturated carbocycles. The first-order valence-electron chi connectivity index (χ1n) is 7.80. The molecule has 4 heteroatoms. The van der Waals surface area contributed by atoms with Gasteiger partial charge < -0.3 is 9.47 Å². The Morgan fingerprint density at radius 1 is 0.955 bits per heavy atom. The Morgan fingerprint density at radius 3 is 2.14 bits per heavy atom. The zero-order valence-corrected chi connectivity index (χ0v) is 13.3. The van der Waals surface area contributed by atoms with Crippen LogP contribution in [0.25, 0.3) is 5.57 Å². The number of carbonyl (C=O) groups excluding carboxylic acids is 2. The van der Waals surface area contributed by atoms with E-state index in [0.717, 1.165) is 25.7 Å². The molecule has 4 nitrogen and oxygen atoms in total. The van der Waals surface area contributed by atoms with Crippen LogP contribution >= 0.6 is 0 Å². The van der Waals surface area contributed by atoms with Crippen molar-refractivity contribution in [2.24, 2.45) is 0 Å². The summed E-state index contributed by atoms with van der Waals surface area (Å²) >= 11 is 0. The van der Waals surface area contributed by atoms with Crippen LogP contribution in [0.4, 0.5) is 0 Å². The van der Waals surface area contributed by atoms with E-state index in [9.17, 15) is 9.59 Å². The first-order chi connectivity index (χ1) is 10.7. The van der Waals surface area contributed by atoms with Crippen LogP contribution in [0.2, 0.25) is 0 Å². The van der Waals surface area contributed by atoms with Crippen molar-refractivity contribution in [1.82, 2.24) is 0 Å². The maximum atomic E-state index is 12.2. The van der Waals surface area contributed by atoms with Crippen molar-refractivity contribution in [3.8, 4) is 0 Å². The molecule has 1 rings (SSSR count). The molecule has 0 amide bonds. The molecular weight excluding hydrogens is 280 g/mol. The highest BCUT2D eigenvalue weighted by molar-refractivity contribution is 6.20. The van der Waals surface area contributed by atoms with Crippen LogP contribution in [0.3, 0.4) is 0 Å². The summed E-state index contributed by atoms with van der Waals surface area (Å²) in [6.07, 6.45) is 4.72. The van der Waals surface area contributed by atoms with Gasteiger partial charge in [-0.3, -0.25) is 0 Å². The number of rotatable bonds is 9. The molecule has 1 aromatic carbocycles. The summed E-state index contributed by atoms with van der Waals surface area (Å²) in [5.41, 5.74) is 0.884. The quantitative estimate of drug-likeness (QED) is 0.396. The van der Waals surface area contributed by atoms with Gasteiger partial charge in [0.1, 0.15) is 0 Å². The van der Waals surface area contributed by atoms with Crippen LogP contribution in [0, 0.1) is 0 Å². The zero-order valence-electron chi connectivity index (χ0n) is 13.3. The van der Waals surface area contributed by atoms with Gasteiger partial charge in [-0.05, 0) is 18.4 Å². The Balaban J connectivity index is 2.82. The first-order valence-corrected chi connectivity index (χ1v) is 7.80. The van der Waals surface area contributed by atoms with Gasteiger partial charge in [0.25, 0.3) is 0 Å². The molecule has 0 aliphatic carbocycles. The van der Waals surface area contributed by atoms with Crippen LogP contribution in [0.15, 0.2) is 36.4 Å². The van der Waals surface area contributed by atoms with Crippen molar-refractivity contribution in [1.29, 1.82) is 0 Å². The summed E-state index contributed by atoms with van der Waals surface area (Å²) in [6.45, 7) is 4.75. The lowest BCUT2D eigenvalue weighted by Gasteiger charge is -2.08. The summed E-state index contributed by atoms with van der Waals surface area (Å²) in [5.74, 6) is -1.01. The number of hydrogen-bond acceptors (Lipinski definition) is 4. The predicted molar refractivity (Wildman–Crippen MR) is 86.2 cm³/mol. The topological polar surface area (TPSA) is 52.6 Å². The van der Waals surface area contributed by atoms with Gasteiger partial charge in [0.15, 0.2) is 0 Å². The summed E-state index contributed by atoms with van der Waals surface area (Å²) in [7, 11) is 0. The molecule has 0 radical (unpaired) electrons. The van der Waals surface area contributed by atoms with E-state index in [1.54, 1.807) is 12.1 Å². The largest absolute Gasteiger partial charge is 0.463 e. The van der Waals surface area contributed by atoms with Gasteiger partial charge in [-0.2, -0.15) is 0 Å². The molecule has 0 bridgehead atoms. The Labute approximate surface area is 132 Å². The summed E-state index contributed by atoms with van der Waals surface area (Å²) in [5, 5.41) is 0. The second-order valence-electron chi connectivity index (χ2n) is 4.93. The molecule has 0 aromatic heterocycles. The standard InChI is InChI=1S/C18H24O4/c1-3-5-12-21-17(19)14-16(15-10-8-7-9-11-15)18(20)22-13-6-4-2/h7-11,14H,3-6,12-13H2,1-2H3/b16-14-. The SMILES string of the molecule is CCCCOC(=O)/C=C(\C(=O)OCCCC)c1ccccc1. The molecule has 0 aliphatic heterocycles. The molecule has 1 aromatic rings. The van der Waals surface area contributed by atoms with Crippen LogP contribution in [-0.4, -0.2) is 25.2 Å². The van der Waals surface area contributed by atoms with Crippen molar-refractivity contribution in [2.75, 3.05) is 13.2 Å². The van der Waals surface area contributed by atoms with E-state index in [4.69, 9.17) is 9.47 Å². The molecule has 120 valence electrons. The zero-order chi connectivity index (χ0) is 16.2. The number of carbonyl (C=O) groups is 2. The summed E-state index contributed by atoms with van der Waals surface area (Å²) < 4.78 is 10.3. The summed E-state index contributed by atoms with van der Waals surface area (Å²) in [6, 6.07) is 9.01. The molecule has 0 aliphatic rings. The Bertz CT molecular complexity index is 491. The maximum Gasteiger partial charge on any atom is 0.339 e. The number of ether oxygens (including phenoxy) is 2. The number of benzene rings is 1. The van der Waals surface area contributed by atoms with E-state index < -0.39 is 11.9 Å². The molecular formula is C18H24O4. The lowest BCUT2D eigenvalue weighted by molar-refractivity contribution is -0.139. The van der Waals surface area contributed by atoms with Crippen molar-refractivity contribution >= 4 is 17.5 Å². The van der Waals surface area contributed by atoms with Crippen LogP contribution in [0.1, 0.15) is 45.1 Å².